The van der Waals surface area contributed by atoms with Crippen molar-refractivity contribution in [2.45, 2.75) is 39.3 Å². The standard InChI is InChI=1S/C22H26N4O/c1-16-6-5-10-26-20(13-23-22(16)26)12-21(27)24-17(2)14-25-11-9-18-7-3-4-8-19(18)15-25/h3-8,10,13,17H,9,11-12,14-15H2,1-2H3,(H,24,27)/t17-/m0/s1. The van der Waals surface area contributed by atoms with Gasteiger partial charge in [-0.3, -0.25) is 9.69 Å². The van der Waals surface area contributed by atoms with Gasteiger partial charge in [0, 0.05) is 38.1 Å². The molecule has 1 atom stereocenters. The van der Waals surface area contributed by atoms with E-state index in [1.165, 1.54) is 11.1 Å². The highest BCUT2D eigenvalue weighted by atomic mass is 16.1. The Labute approximate surface area is 160 Å². The van der Waals surface area contributed by atoms with Gasteiger partial charge in [0.2, 0.25) is 5.91 Å². The summed E-state index contributed by atoms with van der Waals surface area (Å²) in [5.41, 5.74) is 5.81. The lowest BCUT2D eigenvalue weighted by atomic mass is 10.00. The second-order valence-corrected chi connectivity index (χ2v) is 7.53. The molecule has 0 saturated heterocycles. The van der Waals surface area contributed by atoms with E-state index in [4.69, 9.17) is 0 Å². The monoisotopic (exact) mass is 362 g/mol. The maximum absolute atomic E-state index is 12.5. The second kappa shape index (κ2) is 7.53. The zero-order valence-electron chi connectivity index (χ0n) is 16.0. The van der Waals surface area contributed by atoms with Crippen LogP contribution in [-0.2, 0) is 24.2 Å². The second-order valence-electron chi connectivity index (χ2n) is 7.53. The molecule has 3 aromatic rings. The number of nitrogens with one attached hydrogen (secondary N) is 1. The summed E-state index contributed by atoms with van der Waals surface area (Å²) in [6.07, 6.45) is 5.19. The Balaban J connectivity index is 1.34. The topological polar surface area (TPSA) is 49.6 Å². The highest BCUT2D eigenvalue weighted by Gasteiger charge is 2.19. The molecule has 0 unspecified atom stereocenters. The van der Waals surface area contributed by atoms with Crippen molar-refractivity contribution in [3.63, 3.8) is 0 Å². The van der Waals surface area contributed by atoms with Gasteiger partial charge in [-0.15, -0.1) is 0 Å². The third kappa shape index (κ3) is 3.88. The van der Waals surface area contributed by atoms with Crippen molar-refractivity contribution < 1.29 is 4.79 Å². The average molecular weight is 362 g/mol. The number of pyridine rings is 1. The van der Waals surface area contributed by atoms with Crippen LogP contribution in [0.5, 0.6) is 0 Å². The first-order chi connectivity index (χ1) is 13.1. The zero-order valence-corrected chi connectivity index (χ0v) is 16.0. The normalized spacial score (nSPS) is 15.5. The van der Waals surface area contributed by atoms with E-state index < -0.39 is 0 Å². The number of amides is 1. The van der Waals surface area contributed by atoms with E-state index in [-0.39, 0.29) is 11.9 Å². The molecular weight excluding hydrogens is 336 g/mol. The van der Waals surface area contributed by atoms with E-state index in [2.05, 4.69) is 46.4 Å². The first-order valence-corrected chi connectivity index (χ1v) is 9.60. The molecule has 1 aliphatic rings. The lowest BCUT2D eigenvalue weighted by Gasteiger charge is -2.31. The van der Waals surface area contributed by atoms with Gasteiger partial charge in [0.15, 0.2) is 0 Å². The van der Waals surface area contributed by atoms with E-state index in [1.54, 1.807) is 6.20 Å². The summed E-state index contributed by atoms with van der Waals surface area (Å²) in [4.78, 5) is 19.4. The number of aromatic nitrogens is 2. The predicted molar refractivity (Wildman–Crippen MR) is 107 cm³/mol. The molecule has 140 valence electrons. The Morgan fingerprint density at radius 1 is 1.22 bits per heavy atom. The van der Waals surface area contributed by atoms with E-state index in [1.807, 2.05) is 29.7 Å². The minimum Gasteiger partial charge on any atom is -0.352 e. The van der Waals surface area contributed by atoms with Crippen LogP contribution in [-0.4, -0.2) is 39.3 Å². The number of hydrogen-bond donors (Lipinski definition) is 1. The average Bonchev–Trinajstić information content (AvgIpc) is 3.05. The Morgan fingerprint density at radius 2 is 2.04 bits per heavy atom. The summed E-state index contributed by atoms with van der Waals surface area (Å²) < 4.78 is 2.00. The molecule has 4 rings (SSSR count). The molecule has 27 heavy (non-hydrogen) atoms. The molecule has 0 saturated carbocycles. The Hall–Kier alpha value is -2.66. The van der Waals surface area contributed by atoms with E-state index >= 15 is 0 Å². The summed E-state index contributed by atoms with van der Waals surface area (Å²) in [6.45, 7) is 6.99. The molecule has 1 N–H and O–H groups in total. The van der Waals surface area contributed by atoms with Gasteiger partial charge in [-0.2, -0.15) is 0 Å². The lowest BCUT2D eigenvalue weighted by Crippen LogP contribution is -2.44. The van der Waals surface area contributed by atoms with Crippen LogP contribution >= 0.6 is 0 Å². The summed E-state index contributed by atoms with van der Waals surface area (Å²) in [5, 5.41) is 3.15. The van der Waals surface area contributed by atoms with Crippen LogP contribution in [0.15, 0.2) is 48.8 Å². The van der Waals surface area contributed by atoms with E-state index in [0.717, 1.165) is 43.0 Å². The molecule has 1 amide bonds. The number of carbonyl (C=O) groups excluding carboxylic acids is 1. The quantitative estimate of drug-likeness (QED) is 0.759. The number of nitrogens with zero attached hydrogens (tertiary/aromatic N) is 3. The summed E-state index contributed by atoms with van der Waals surface area (Å²) in [6, 6.07) is 12.8. The molecule has 0 aliphatic carbocycles. The maximum atomic E-state index is 12.5. The number of imidazole rings is 1. The van der Waals surface area contributed by atoms with E-state index in [9.17, 15) is 4.79 Å². The molecular formula is C22H26N4O. The fraction of sp³-hybridized carbons (Fsp3) is 0.364. The Morgan fingerprint density at radius 3 is 2.89 bits per heavy atom. The minimum atomic E-state index is 0.0446. The number of carbonyl (C=O) groups is 1. The number of benzene rings is 1. The van der Waals surface area contributed by atoms with Gasteiger partial charge in [0.1, 0.15) is 5.65 Å². The number of hydrogen-bond acceptors (Lipinski definition) is 3. The van der Waals surface area contributed by atoms with Crippen LogP contribution in [0.25, 0.3) is 5.65 Å². The van der Waals surface area contributed by atoms with Crippen LogP contribution in [0.2, 0.25) is 0 Å². The van der Waals surface area contributed by atoms with Crippen LogP contribution < -0.4 is 5.32 Å². The molecule has 0 fully saturated rings. The van der Waals surface area contributed by atoms with Crippen LogP contribution in [0, 0.1) is 6.92 Å². The van der Waals surface area contributed by atoms with Gasteiger partial charge in [-0.05, 0) is 43.0 Å². The summed E-state index contributed by atoms with van der Waals surface area (Å²) in [7, 11) is 0. The van der Waals surface area contributed by atoms with Gasteiger partial charge in [-0.25, -0.2) is 4.98 Å². The van der Waals surface area contributed by atoms with Crippen LogP contribution in [0.4, 0.5) is 0 Å². The highest BCUT2D eigenvalue weighted by molar-refractivity contribution is 5.78. The molecule has 3 heterocycles. The van der Waals surface area contributed by atoms with Gasteiger partial charge < -0.3 is 9.72 Å². The predicted octanol–water partition coefficient (Wildman–Crippen LogP) is 2.75. The molecule has 0 radical (unpaired) electrons. The molecule has 1 aromatic carbocycles. The fourth-order valence-corrected chi connectivity index (χ4v) is 3.97. The van der Waals surface area contributed by atoms with Crippen LogP contribution in [0.3, 0.4) is 0 Å². The van der Waals surface area contributed by atoms with Gasteiger partial charge in [0.25, 0.3) is 0 Å². The third-order valence-electron chi connectivity index (χ3n) is 5.30. The Kier molecular flexibility index (Phi) is 4.94. The van der Waals surface area contributed by atoms with Crippen molar-refractivity contribution in [2.24, 2.45) is 0 Å². The third-order valence-corrected chi connectivity index (χ3v) is 5.30. The van der Waals surface area contributed by atoms with Crippen molar-refractivity contribution in [1.29, 1.82) is 0 Å². The van der Waals surface area contributed by atoms with Crippen molar-refractivity contribution in [3.8, 4) is 0 Å². The fourth-order valence-electron chi connectivity index (χ4n) is 3.97. The van der Waals surface area contributed by atoms with E-state index in [0.29, 0.717) is 6.42 Å². The lowest BCUT2D eigenvalue weighted by molar-refractivity contribution is -0.121. The number of rotatable bonds is 5. The SMILES string of the molecule is Cc1cccn2c(CC(=O)N[C@@H](C)CN3CCc4ccccc4C3)cnc12. The van der Waals surface area contributed by atoms with Crippen molar-refractivity contribution in [3.05, 3.63) is 71.2 Å². The molecule has 5 heteroatoms. The molecule has 2 aromatic heterocycles. The first kappa shape index (κ1) is 17.7. The maximum Gasteiger partial charge on any atom is 0.226 e. The van der Waals surface area contributed by atoms with Gasteiger partial charge in [-0.1, -0.05) is 30.3 Å². The molecule has 0 spiro atoms. The summed E-state index contributed by atoms with van der Waals surface area (Å²) >= 11 is 0. The molecule has 0 bridgehead atoms. The largest absolute Gasteiger partial charge is 0.352 e. The first-order valence-electron chi connectivity index (χ1n) is 9.60. The smallest absolute Gasteiger partial charge is 0.226 e. The molecule has 5 nitrogen and oxygen atoms in total. The van der Waals surface area contributed by atoms with Crippen molar-refractivity contribution in [1.82, 2.24) is 19.6 Å². The van der Waals surface area contributed by atoms with Gasteiger partial charge >= 0.3 is 0 Å². The zero-order chi connectivity index (χ0) is 18.8. The van der Waals surface area contributed by atoms with Crippen molar-refractivity contribution >= 4 is 11.6 Å². The highest BCUT2D eigenvalue weighted by Crippen LogP contribution is 2.18. The Bertz CT molecular complexity index is 962. The number of fused-ring (bicyclic) bond motifs is 2. The minimum absolute atomic E-state index is 0.0446. The van der Waals surface area contributed by atoms with Gasteiger partial charge in [0.05, 0.1) is 12.1 Å². The molecule has 1 aliphatic heterocycles. The van der Waals surface area contributed by atoms with Crippen molar-refractivity contribution in [2.75, 3.05) is 13.1 Å². The summed E-state index contributed by atoms with van der Waals surface area (Å²) in [5.74, 6) is 0.0446. The van der Waals surface area contributed by atoms with Crippen LogP contribution in [0.1, 0.15) is 29.3 Å². The number of aryl methyl sites for hydroxylation is 1.